The maximum absolute atomic E-state index is 8.88. The Balaban J connectivity index is 2.23. The zero-order chi connectivity index (χ0) is 14.8. The summed E-state index contributed by atoms with van der Waals surface area (Å²) in [6.07, 6.45) is 0. The lowest BCUT2D eigenvalue weighted by atomic mass is 9.87. The van der Waals surface area contributed by atoms with Crippen LogP contribution in [0.3, 0.4) is 0 Å². The molecule has 102 valence electrons. The van der Waals surface area contributed by atoms with Gasteiger partial charge in [0, 0.05) is 5.69 Å². The summed E-state index contributed by atoms with van der Waals surface area (Å²) in [4.78, 5) is 8.19. The molecule has 0 saturated carbocycles. The van der Waals surface area contributed by atoms with Crippen LogP contribution in [-0.4, -0.2) is 9.97 Å². The Labute approximate surface area is 119 Å². The summed E-state index contributed by atoms with van der Waals surface area (Å²) in [6, 6.07) is 11.6. The number of nitriles is 1. The highest BCUT2D eigenvalue weighted by molar-refractivity contribution is 5.33. The molecule has 0 saturated heterocycles. The van der Waals surface area contributed by atoms with Crippen LogP contribution in [0.1, 0.15) is 37.7 Å². The molecule has 0 spiro atoms. The van der Waals surface area contributed by atoms with E-state index in [0.29, 0.717) is 17.1 Å². The molecular formula is C16H17N3O. The Kier molecular flexibility index (Phi) is 3.71. The minimum atomic E-state index is 0.104. The first-order chi connectivity index (χ1) is 9.38. The predicted molar refractivity (Wildman–Crippen MR) is 76.7 cm³/mol. The van der Waals surface area contributed by atoms with Crippen molar-refractivity contribution in [3.63, 3.8) is 0 Å². The summed E-state index contributed by atoms with van der Waals surface area (Å²) in [5.74, 6) is 0.660. The molecule has 20 heavy (non-hydrogen) atoms. The fraction of sp³-hybridized carbons (Fsp3) is 0.312. The van der Waals surface area contributed by atoms with E-state index in [0.717, 1.165) is 0 Å². The van der Waals surface area contributed by atoms with Crippen LogP contribution < -0.4 is 4.74 Å². The summed E-state index contributed by atoms with van der Waals surface area (Å²) in [6.45, 7) is 8.28. The van der Waals surface area contributed by atoms with Crippen LogP contribution in [-0.2, 0) is 5.41 Å². The maximum Gasteiger partial charge on any atom is 0.323 e. The van der Waals surface area contributed by atoms with Crippen molar-refractivity contribution in [2.24, 2.45) is 0 Å². The highest BCUT2D eigenvalue weighted by Gasteiger charge is 2.13. The van der Waals surface area contributed by atoms with Crippen LogP contribution in [0, 0.1) is 18.3 Å². The number of hydrogen-bond donors (Lipinski definition) is 0. The van der Waals surface area contributed by atoms with Gasteiger partial charge in [-0.05, 0) is 36.1 Å². The Bertz CT molecular complexity index is 649. The molecule has 0 aliphatic carbocycles. The van der Waals surface area contributed by atoms with Gasteiger partial charge in [0.1, 0.15) is 17.5 Å². The fourth-order valence-electron chi connectivity index (χ4n) is 1.77. The van der Waals surface area contributed by atoms with Crippen LogP contribution in [0.4, 0.5) is 0 Å². The van der Waals surface area contributed by atoms with Crippen molar-refractivity contribution in [2.45, 2.75) is 33.1 Å². The van der Waals surface area contributed by atoms with Crippen LogP contribution in [0.2, 0.25) is 0 Å². The summed E-state index contributed by atoms with van der Waals surface area (Å²) in [7, 11) is 0. The van der Waals surface area contributed by atoms with Gasteiger partial charge in [-0.1, -0.05) is 32.9 Å². The first-order valence-corrected chi connectivity index (χ1v) is 6.42. The molecule has 2 aromatic rings. The lowest BCUT2D eigenvalue weighted by Crippen LogP contribution is -2.10. The van der Waals surface area contributed by atoms with Gasteiger partial charge >= 0.3 is 6.01 Å². The summed E-state index contributed by atoms with van der Waals surface area (Å²) >= 11 is 0. The molecule has 1 heterocycles. The Hall–Kier alpha value is -2.41. The minimum absolute atomic E-state index is 0.104. The number of nitrogens with zero attached hydrogens (tertiary/aromatic N) is 3. The van der Waals surface area contributed by atoms with E-state index < -0.39 is 0 Å². The first kappa shape index (κ1) is 14.0. The second-order valence-electron chi connectivity index (χ2n) is 5.67. The number of benzene rings is 1. The summed E-state index contributed by atoms with van der Waals surface area (Å²) in [5.41, 5.74) is 2.34. The van der Waals surface area contributed by atoms with Gasteiger partial charge in [0.2, 0.25) is 0 Å². The van der Waals surface area contributed by atoms with E-state index >= 15 is 0 Å². The molecule has 0 N–H and O–H groups in total. The number of aryl methyl sites for hydroxylation is 1. The number of rotatable bonds is 2. The zero-order valence-electron chi connectivity index (χ0n) is 12.1. The van der Waals surface area contributed by atoms with Crippen LogP contribution >= 0.6 is 0 Å². The molecule has 0 amide bonds. The van der Waals surface area contributed by atoms with Gasteiger partial charge < -0.3 is 4.74 Å². The second-order valence-corrected chi connectivity index (χ2v) is 5.67. The van der Waals surface area contributed by atoms with Crippen molar-refractivity contribution in [2.75, 3.05) is 0 Å². The average molecular weight is 267 g/mol. The van der Waals surface area contributed by atoms with Crippen LogP contribution in [0.15, 0.2) is 30.3 Å². The normalized spacial score (nSPS) is 10.9. The van der Waals surface area contributed by atoms with Crippen LogP contribution in [0.5, 0.6) is 11.8 Å². The largest absolute Gasteiger partial charge is 0.424 e. The first-order valence-electron chi connectivity index (χ1n) is 6.42. The van der Waals surface area contributed by atoms with E-state index in [4.69, 9.17) is 10.00 Å². The summed E-state index contributed by atoms with van der Waals surface area (Å²) < 4.78 is 5.60. The van der Waals surface area contributed by atoms with E-state index in [9.17, 15) is 0 Å². The topological polar surface area (TPSA) is 58.8 Å². The summed E-state index contributed by atoms with van der Waals surface area (Å²) in [5, 5.41) is 8.88. The standard InChI is InChI=1S/C16H17N3O/c1-11-9-13(10-17)19-15(18-11)20-14-7-5-12(6-8-14)16(2,3)4/h5-9H,1-4H3. The molecule has 1 aromatic carbocycles. The highest BCUT2D eigenvalue weighted by atomic mass is 16.5. The van der Waals surface area contributed by atoms with E-state index in [-0.39, 0.29) is 11.4 Å². The monoisotopic (exact) mass is 267 g/mol. The van der Waals surface area contributed by atoms with E-state index in [1.54, 1.807) is 13.0 Å². The van der Waals surface area contributed by atoms with Crippen molar-refractivity contribution in [1.82, 2.24) is 9.97 Å². The van der Waals surface area contributed by atoms with Crippen molar-refractivity contribution in [3.05, 3.63) is 47.3 Å². The molecule has 0 aliphatic heterocycles. The molecule has 4 heteroatoms. The average Bonchev–Trinajstić information content (AvgIpc) is 2.37. The zero-order valence-corrected chi connectivity index (χ0v) is 12.1. The quantitative estimate of drug-likeness (QED) is 0.831. The van der Waals surface area contributed by atoms with E-state index in [2.05, 4.69) is 30.7 Å². The highest BCUT2D eigenvalue weighted by Crippen LogP contribution is 2.25. The van der Waals surface area contributed by atoms with Gasteiger partial charge in [0.25, 0.3) is 0 Å². The lowest BCUT2D eigenvalue weighted by molar-refractivity contribution is 0.439. The third kappa shape index (κ3) is 3.33. The molecular weight excluding hydrogens is 250 g/mol. The van der Waals surface area contributed by atoms with Gasteiger partial charge in [-0.3, -0.25) is 0 Å². The van der Waals surface area contributed by atoms with Gasteiger partial charge in [0.05, 0.1) is 0 Å². The second kappa shape index (κ2) is 5.30. The van der Waals surface area contributed by atoms with Crippen molar-refractivity contribution in [1.29, 1.82) is 5.26 Å². The maximum atomic E-state index is 8.88. The van der Waals surface area contributed by atoms with E-state index in [1.807, 2.05) is 30.3 Å². The molecule has 0 unspecified atom stereocenters. The fourth-order valence-corrected chi connectivity index (χ4v) is 1.77. The number of ether oxygens (including phenoxy) is 1. The number of aromatic nitrogens is 2. The van der Waals surface area contributed by atoms with E-state index in [1.165, 1.54) is 5.56 Å². The Morgan fingerprint density at radius 1 is 1.10 bits per heavy atom. The SMILES string of the molecule is Cc1cc(C#N)nc(Oc2ccc(C(C)(C)C)cc2)n1. The third-order valence-electron chi connectivity index (χ3n) is 2.88. The molecule has 4 nitrogen and oxygen atoms in total. The molecule has 0 atom stereocenters. The Morgan fingerprint density at radius 2 is 1.75 bits per heavy atom. The van der Waals surface area contributed by atoms with Crippen molar-refractivity contribution < 1.29 is 4.74 Å². The van der Waals surface area contributed by atoms with Gasteiger partial charge in [0.15, 0.2) is 0 Å². The van der Waals surface area contributed by atoms with Crippen molar-refractivity contribution >= 4 is 0 Å². The lowest BCUT2D eigenvalue weighted by Gasteiger charge is -2.18. The minimum Gasteiger partial charge on any atom is -0.424 e. The van der Waals surface area contributed by atoms with Gasteiger partial charge in [-0.25, -0.2) is 4.98 Å². The van der Waals surface area contributed by atoms with Gasteiger partial charge in [-0.15, -0.1) is 0 Å². The van der Waals surface area contributed by atoms with Gasteiger partial charge in [-0.2, -0.15) is 10.2 Å². The molecule has 0 radical (unpaired) electrons. The molecule has 1 aromatic heterocycles. The smallest absolute Gasteiger partial charge is 0.323 e. The molecule has 0 fully saturated rings. The number of hydrogen-bond acceptors (Lipinski definition) is 4. The Morgan fingerprint density at radius 3 is 2.30 bits per heavy atom. The van der Waals surface area contributed by atoms with Crippen molar-refractivity contribution in [3.8, 4) is 17.8 Å². The predicted octanol–water partition coefficient (Wildman–Crippen LogP) is 3.75. The third-order valence-corrected chi connectivity index (χ3v) is 2.88. The molecule has 0 bridgehead atoms. The molecule has 0 aliphatic rings. The van der Waals surface area contributed by atoms with Crippen LogP contribution in [0.25, 0.3) is 0 Å². The molecule has 2 rings (SSSR count).